The van der Waals surface area contributed by atoms with Crippen LogP contribution in [0.5, 0.6) is 5.75 Å². The van der Waals surface area contributed by atoms with Crippen LogP contribution in [0.1, 0.15) is 11.1 Å². The lowest BCUT2D eigenvalue weighted by atomic mass is 10.1. The van der Waals surface area contributed by atoms with E-state index in [0.29, 0.717) is 12.1 Å². The summed E-state index contributed by atoms with van der Waals surface area (Å²) < 4.78 is 109. The number of nitrogens with one attached hydrogen (secondary N) is 1. The molecule has 0 aliphatic heterocycles. The Bertz CT molecular complexity index is 1290. The molecule has 0 saturated heterocycles. The van der Waals surface area contributed by atoms with E-state index >= 15 is 0 Å². The summed E-state index contributed by atoms with van der Waals surface area (Å²) in [6.07, 6.45) is -10.1. The van der Waals surface area contributed by atoms with E-state index in [1.54, 1.807) is 18.2 Å². The molecule has 0 radical (unpaired) electrons. The van der Waals surface area contributed by atoms with Gasteiger partial charge in [-0.1, -0.05) is 18.2 Å². The number of alkyl halides is 6. The Morgan fingerprint density at radius 3 is 1.89 bits per heavy atom. The van der Waals surface area contributed by atoms with Crippen molar-refractivity contribution in [3.05, 3.63) is 83.9 Å². The molecule has 36 heavy (non-hydrogen) atoms. The topological polar surface area (TPSA) is 75.7 Å². The van der Waals surface area contributed by atoms with Gasteiger partial charge in [0.05, 0.1) is 21.7 Å². The minimum atomic E-state index is -5.06. The number of benzene rings is 3. The van der Waals surface area contributed by atoms with Gasteiger partial charge in [0.2, 0.25) is 0 Å². The van der Waals surface area contributed by atoms with Gasteiger partial charge in [-0.15, -0.1) is 0 Å². The van der Waals surface area contributed by atoms with E-state index in [4.69, 9.17) is 4.74 Å². The minimum absolute atomic E-state index is 0.0529. The van der Waals surface area contributed by atoms with Crippen LogP contribution in [-0.2, 0) is 27.2 Å². The number of sulfonamides is 1. The third kappa shape index (κ3) is 6.47. The second-order valence-corrected chi connectivity index (χ2v) is 9.38. The fraction of sp³-hybridized carbons (Fsp3) is 0.174. The smallest absolute Gasteiger partial charge is 0.416 e. The Morgan fingerprint density at radius 1 is 0.861 bits per heavy atom. The molecule has 0 fully saturated rings. The lowest BCUT2D eigenvalue weighted by molar-refractivity contribution is -0.143. The maximum absolute atomic E-state index is 13.0. The number of hydrogen-bond donors (Lipinski definition) is 1. The second kappa shape index (κ2) is 10.1. The molecule has 0 bridgehead atoms. The van der Waals surface area contributed by atoms with Crippen LogP contribution in [0.15, 0.2) is 77.7 Å². The molecule has 0 saturated carbocycles. The van der Waals surface area contributed by atoms with Crippen LogP contribution in [0.2, 0.25) is 0 Å². The summed E-state index contributed by atoms with van der Waals surface area (Å²) in [5.74, 6) is -0.894. The molecule has 3 aromatic carbocycles. The van der Waals surface area contributed by atoms with Crippen molar-refractivity contribution in [1.29, 1.82) is 0 Å². The van der Waals surface area contributed by atoms with Gasteiger partial charge in [0.1, 0.15) is 5.75 Å². The molecule has 3 rings (SSSR count). The number of amides is 1. The number of carbonyl (C=O) groups excluding carboxylic acids is 1. The monoisotopic (exact) mass is 532 g/mol. The molecule has 192 valence electrons. The Labute approximate surface area is 202 Å². The number of anilines is 2. The first-order valence-corrected chi connectivity index (χ1v) is 11.5. The molecule has 1 N–H and O–H groups in total. The summed E-state index contributed by atoms with van der Waals surface area (Å²) in [6, 6.07) is 13.9. The van der Waals surface area contributed by atoms with Gasteiger partial charge in [-0.05, 0) is 54.6 Å². The van der Waals surface area contributed by atoms with Crippen LogP contribution >= 0.6 is 0 Å². The fourth-order valence-corrected chi connectivity index (χ4v) is 4.23. The molecule has 3 aromatic rings. The normalized spacial score (nSPS) is 12.2. The van der Waals surface area contributed by atoms with Crippen LogP contribution in [0, 0.1) is 0 Å². The van der Waals surface area contributed by atoms with Crippen LogP contribution < -0.4 is 14.4 Å². The maximum Gasteiger partial charge on any atom is 0.416 e. The van der Waals surface area contributed by atoms with Crippen molar-refractivity contribution in [3.8, 4) is 5.75 Å². The highest BCUT2D eigenvalue weighted by Crippen LogP contribution is 2.37. The van der Waals surface area contributed by atoms with Gasteiger partial charge in [0, 0.05) is 12.7 Å². The van der Waals surface area contributed by atoms with Crippen molar-refractivity contribution in [2.45, 2.75) is 17.2 Å². The van der Waals surface area contributed by atoms with Crippen molar-refractivity contribution in [2.75, 3.05) is 23.3 Å². The summed E-state index contributed by atoms with van der Waals surface area (Å²) in [5, 5.41) is 1.95. The highest BCUT2D eigenvalue weighted by molar-refractivity contribution is 7.92. The number of carbonyl (C=O) groups is 1. The first kappa shape index (κ1) is 26.9. The quantitative estimate of drug-likeness (QED) is 0.404. The van der Waals surface area contributed by atoms with E-state index in [1.807, 2.05) is 5.32 Å². The van der Waals surface area contributed by atoms with Gasteiger partial charge in [-0.25, -0.2) is 8.42 Å². The Balaban J connectivity index is 1.67. The first-order chi connectivity index (χ1) is 16.7. The number of ether oxygens (including phenoxy) is 1. The third-order valence-electron chi connectivity index (χ3n) is 4.84. The van der Waals surface area contributed by atoms with Crippen molar-refractivity contribution < 1.29 is 44.3 Å². The van der Waals surface area contributed by atoms with Crippen LogP contribution in [-0.4, -0.2) is 28.0 Å². The van der Waals surface area contributed by atoms with E-state index in [1.165, 1.54) is 43.4 Å². The molecular formula is C23H18F6N2O4S. The first-order valence-electron chi connectivity index (χ1n) is 10.0. The fourth-order valence-electron chi connectivity index (χ4n) is 3.01. The summed E-state index contributed by atoms with van der Waals surface area (Å²) in [4.78, 5) is 12.2. The van der Waals surface area contributed by atoms with Gasteiger partial charge in [-0.3, -0.25) is 9.10 Å². The van der Waals surface area contributed by atoms with Crippen LogP contribution in [0.3, 0.4) is 0 Å². The molecule has 0 aromatic heterocycles. The molecule has 0 aliphatic carbocycles. The summed E-state index contributed by atoms with van der Waals surface area (Å²) in [6.45, 7) is -0.727. The van der Waals surface area contributed by atoms with E-state index in [-0.39, 0.29) is 22.4 Å². The summed E-state index contributed by atoms with van der Waals surface area (Å²) in [5.41, 5.74) is -3.56. The number of hydrogen-bond acceptors (Lipinski definition) is 4. The second-order valence-electron chi connectivity index (χ2n) is 7.41. The van der Waals surface area contributed by atoms with Crippen molar-refractivity contribution in [3.63, 3.8) is 0 Å². The zero-order chi connectivity index (χ0) is 26.7. The van der Waals surface area contributed by atoms with Gasteiger partial charge < -0.3 is 10.1 Å². The standard InChI is InChI=1S/C23H18F6N2O4S/c1-31(36(33,34)20-5-3-2-4-6-20)18-7-9-19(10-8-18)35-14-21(32)30-17-12-15(22(24,25)26)11-16(13-17)23(27,28)29/h2-13H,14H2,1H3,(H,30,32). The average Bonchev–Trinajstić information content (AvgIpc) is 2.82. The predicted octanol–water partition coefficient (Wildman–Crippen LogP) is 5.57. The van der Waals surface area contributed by atoms with Crippen molar-refractivity contribution in [1.82, 2.24) is 0 Å². The SMILES string of the molecule is CN(c1ccc(OCC(=O)Nc2cc(C(F)(F)F)cc(C(F)(F)F)c2)cc1)S(=O)(=O)c1ccccc1. The average molecular weight is 532 g/mol. The van der Waals surface area contributed by atoms with E-state index in [9.17, 15) is 39.6 Å². The molecule has 6 nitrogen and oxygen atoms in total. The minimum Gasteiger partial charge on any atom is -0.484 e. The van der Waals surface area contributed by atoms with Gasteiger partial charge in [0.15, 0.2) is 6.61 Å². The van der Waals surface area contributed by atoms with E-state index in [0.717, 1.165) is 4.31 Å². The van der Waals surface area contributed by atoms with E-state index in [2.05, 4.69) is 0 Å². The Morgan fingerprint density at radius 2 is 1.39 bits per heavy atom. The zero-order valence-corrected chi connectivity index (χ0v) is 19.2. The zero-order valence-electron chi connectivity index (χ0n) is 18.4. The molecule has 1 amide bonds. The molecule has 13 heteroatoms. The third-order valence-corrected chi connectivity index (χ3v) is 6.64. The summed E-state index contributed by atoms with van der Waals surface area (Å²) in [7, 11) is -2.48. The van der Waals surface area contributed by atoms with E-state index < -0.39 is 51.7 Å². The highest BCUT2D eigenvalue weighted by atomic mass is 32.2. The van der Waals surface area contributed by atoms with Crippen molar-refractivity contribution >= 4 is 27.3 Å². The molecular weight excluding hydrogens is 514 g/mol. The van der Waals surface area contributed by atoms with Crippen LogP contribution in [0.25, 0.3) is 0 Å². The number of nitrogens with zero attached hydrogens (tertiary/aromatic N) is 1. The largest absolute Gasteiger partial charge is 0.484 e. The molecule has 0 heterocycles. The number of halogens is 6. The molecule has 0 atom stereocenters. The van der Waals surface area contributed by atoms with Gasteiger partial charge in [0.25, 0.3) is 15.9 Å². The highest BCUT2D eigenvalue weighted by Gasteiger charge is 2.37. The van der Waals surface area contributed by atoms with Gasteiger partial charge >= 0.3 is 12.4 Å². The molecule has 0 aliphatic rings. The predicted molar refractivity (Wildman–Crippen MR) is 119 cm³/mol. The van der Waals surface area contributed by atoms with Crippen molar-refractivity contribution in [2.24, 2.45) is 0 Å². The summed E-state index contributed by atoms with van der Waals surface area (Å²) >= 11 is 0. The number of rotatable bonds is 7. The van der Waals surface area contributed by atoms with Gasteiger partial charge in [-0.2, -0.15) is 26.3 Å². The Hall–Kier alpha value is -3.74. The van der Waals surface area contributed by atoms with Crippen LogP contribution in [0.4, 0.5) is 37.7 Å². The molecule has 0 spiro atoms. The lowest BCUT2D eigenvalue weighted by Crippen LogP contribution is -2.26. The maximum atomic E-state index is 13.0. The molecule has 0 unspecified atom stereocenters. The Kier molecular flexibility index (Phi) is 7.53. The lowest BCUT2D eigenvalue weighted by Gasteiger charge is -2.19.